The second kappa shape index (κ2) is 5.05. The average molecular weight is 236 g/mol. The van der Waals surface area contributed by atoms with Crippen LogP contribution in [0.3, 0.4) is 0 Å². The minimum absolute atomic E-state index is 0.167. The van der Waals surface area contributed by atoms with Gasteiger partial charge in [0.15, 0.2) is 11.5 Å². The lowest BCUT2D eigenvalue weighted by molar-refractivity contribution is -0.121. The lowest BCUT2D eigenvalue weighted by Crippen LogP contribution is -2.40. The molecule has 1 atom stereocenters. The van der Waals surface area contributed by atoms with Gasteiger partial charge in [-0.15, -0.1) is 0 Å². The minimum Gasteiger partial charge on any atom is -0.486 e. The number of nitrogens with two attached hydrogens (primary N) is 1. The van der Waals surface area contributed by atoms with Crippen molar-refractivity contribution in [2.24, 2.45) is 5.73 Å². The molecule has 0 spiro atoms. The molecule has 1 amide bonds. The second-order valence-electron chi connectivity index (χ2n) is 3.90. The van der Waals surface area contributed by atoms with Crippen LogP contribution < -0.4 is 20.5 Å². The molecule has 0 saturated carbocycles. The Kier molecular flexibility index (Phi) is 3.49. The lowest BCUT2D eigenvalue weighted by Gasteiger charge is -2.19. The molecule has 1 heterocycles. The number of benzene rings is 1. The molecule has 0 aliphatic carbocycles. The number of hydrogen-bond donors (Lipinski definition) is 2. The SMILES string of the molecule is CNC(=O)C(N)Cc1ccc2c(c1)OCCO2. The van der Waals surface area contributed by atoms with Crippen LogP contribution in [0, 0.1) is 0 Å². The Morgan fingerprint density at radius 3 is 2.82 bits per heavy atom. The van der Waals surface area contributed by atoms with E-state index in [0.29, 0.717) is 19.6 Å². The normalized spacial score (nSPS) is 15.2. The predicted molar refractivity (Wildman–Crippen MR) is 63.2 cm³/mol. The van der Waals surface area contributed by atoms with Crippen molar-refractivity contribution in [1.29, 1.82) is 0 Å². The summed E-state index contributed by atoms with van der Waals surface area (Å²) >= 11 is 0. The van der Waals surface area contributed by atoms with Crippen molar-refractivity contribution in [1.82, 2.24) is 5.32 Å². The van der Waals surface area contributed by atoms with Gasteiger partial charge in [0.1, 0.15) is 13.2 Å². The van der Waals surface area contributed by atoms with E-state index in [0.717, 1.165) is 17.1 Å². The zero-order chi connectivity index (χ0) is 12.3. The monoisotopic (exact) mass is 236 g/mol. The third-order valence-corrected chi connectivity index (χ3v) is 2.65. The maximum absolute atomic E-state index is 11.3. The molecule has 0 saturated heterocycles. The summed E-state index contributed by atoms with van der Waals surface area (Å²) in [6.45, 7) is 1.13. The molecular formula is C12H16N2O3. The predicted octanol–water partition coefficient (Wildman–Crippen LogP) is 0.0736. The summed E-state index contributed by atoms with van der Waals surface area (Å²) in [6.07, 6.45) is 0.482. The van der Waals surface area contributed by atoms with Crippen LogP contribution in [0.25, 0.3) is 0 Å². The zero-order valence-corrected chi connectivity index (χ0v) is 9.73. The molecule has 17 heavy (non-hydrogen) atoms. The van der Waals surface area contributed by atoms with Crippen molar-refractivity contribution in [3.63, 3.8) is 0 Å². The Morgan fingerprint density at radius 2 is 2.12 bits per heavy atom. The van der Waals surface area contributed by atoms with E-state index < -0.39 is 6.04 Å². The fourth-order valence-electron chi connectivity index (χ4n) is 1.75. The van der Waals surface area contributed by atoms with Crippen LogP contribution >= 0.6 is 0 Å². The molecule has 1 unspecified atom stereocenters. The van der Waals surface area contributed by atoms with E-state index >= 15 is 0 Å². The summed E-state index contributed by atoms with van der Waals surface area (Å²) in [7, 11) is 1.58. The Balaban J connectivity index is 2.09. The van der Waals surface area contributed by atoms with E-state index in [1.165, 1.54) is 0 Å². The summed E-state index contributed by atoms with van der Waals surface area (Å²) in [5, 5.41) is 2.53. The number of fused-ring (bicyclic) bond motifs is 1. The molecular weight excluding hydrogens is 220 g/mol. The summed E-state index contributed by atoms with van der Waals surface area (Å²) in [5.41, 5.74) is 6.72. The van der Waals surface area contributed by atoms with Gasteiger partial charge in [0.25, 0.3) is 0 Å². The van der Waals surface area contributed by atoms with Crippen LogP contribution in [0.2, 0.25) is 0 Å². The molecule has 1 aliphatic rings. The highest BCUT2D eigenvalue weighted by Crippen LogP contribution is 2.30. The van der Waals surface area contributed by atoms with Gasteiger partial charge in [-0.2, -0.15) is 0 Å². The molecule has 3 N–H and O–H groups in total. The third kappa shape index (κ3) is 2.68. The van der Waals surface area contributed by atoms with E-state index in [1.807, 2.05) is 18.2 Å². The van der Waals surface area contributed by atoms with Crippen LogP contribution in [-0.4, -0.2) is 32.2 Å². The van der Waals surface area contributed by atoms with E-state index in [-0.39, 0.29) is 5.91 Å². The summed E-state index contributed by atoms with van der Waals surface area (Å²) in [6, 6.07) is 5.08. The highest BCUT2D eigenvalue weighted by molar-refractivity contribution is 5.81. The molecule has 0 bridgehead atoms. The molecule has 2 rings (SSSR count). The van der Waals surface area contributed by atoms with Gasteiger partial charge in [-0.25, -0.2) is 0 Å². The van der Waals surface area contributed by atoms with Gasteiger partial charge >= 0.3 is 0 Å². The van der Waals surface area contributed by atoms with Gasteiger partial charge in [-0.3, -0.25) is 4.79 Å². The van der Waals surface area contributed by atoms with Crippen molar-refractivity contribution in [2.45, 2.75) is 12.5 Å². The van der Waals surface area contributed by atoms with Crippen LogP contribution in [0.15, 0.2) is 18.2 Å². The fraction of sp³-hybridized carbons (Fsp3) is 0.417. The van der Waals surface area contributed by atoms with Gasteiger partial charge in [0.2, 0.25) is 5.91 Å². The van der Waals surface area contributed by atoms with Gasteiger partial charge in [0.05, 0.1) is 6.04 Å². The molecule has 92 valence electrons. The minimum atomic E-state index is -0.539. The number of likely N-dealkylation sites (N-methyl/N-ethyl adjacent to an activating group) is 1. The Hall–Kier alpha value is -1.75. The Morgan fingerprint density at radius 1 is 1.41 bits per heavy atom. The maximum atomic E-state index is 11.3. The van der Waals surface area contributed by atoms with Crippen molar-refractivity contribution >= 4 is 5.91 Å². The molecule has 1 aromatic carbocycles. The van der Waals surface area contributed by atoms with Crippen molar-refractivity contribution < 1.29 is 14.3 Å². The van der Waals surface area contributed by atoms with Gasteiger partial charge in [-0.1, -0.05) is 6.07 Å². The molecule has 0 aromatic heterocycles. The van der Waals surface area contributed by atoms with Crippen LogP contribution in [-0.2, 0) is 11.2 Å². The number of nitrogens with one attached hydrogen (secondary N) is 1. The lowest BCUT2D eigenvalue weighted by atomic mass is 10.1. The number of carbonyl (C=O) groups is 1. The Bertz CT molecular complexity index is 420. The van der Waals surface area contributed by atoms with Crippen LogP contribution in [0.1, 0.15) is 5.56 Å². The summed E-state index contributed by atoms with van der Waals surface area (Å²) in [4.78, 5) is 11.3. The highest BCUT2D eigenvalue weighted by Gasteiger charge is 2.15. The quantitative estimate of drug-likeness (QED) is 0.779. The van der Waals surface area contributed by atoms with Gasteiger partial charge in [0, 0.05) is 7.05 Å². The third-order valence-electron chi connectivity index (χ3n) is 2.65. The number of rotatable bonds is 3. The molecule has 1 aliphatic heterocycles. The Labute approximate surface area is 99.9 Å². The first-order chi connectivity index (χ1) is 8.20. The van der Waals surface area contributed by atoms with E-state index in [9.17, 15) is 4.79 Å². The molecule has 5 heteroatoms. The van der Waals surface area contributed by atoms with Crippen molar-refractivity contribution in [2.75, 3.05) is 20.3 Å². The average Bonchev–Trinajstić information content (AvgIpc) is 2.37. The highest BCUT2D eigenvalue weighted by atomic mass is 16.6. The van der Waals surface area contributed by atoms with E-state index in [1.54, 1.807) is 7.05 Å². The van der Waals surface area contributed by atoms with Crippen molar-refractivity contribution in [3.05, 3.63) is 23.8 Å². The molecule has 0 fully saturated rings. The number of ether oxygens (including phenoxy) is 2. The van der Waals surface area contributed by atoms with Crippen LogP contribution in [0.5, 0.6) is 11.5 Å². The fourth-order valence-corrected chi connectivity index (χ4v) is 1.75. The number of amides is 1. The smallest absolute Gasteiger partial charge is 0.237 e. The first-order valence-electron chi connectivity index (χ1n) is 5.56. The second-order valence-corrected chi connectivity index (χ2v) is 3.90. The van der Waals surface area contributed by atoms with E-state index in [4.69, 9.17) is 15.2 Å². The number of hydrogen-bond acceptors (Lipinski definition) is 4. The largest absolute Gasteiger partial charge is 0.486 e. The molecule has 5 nitrogen and oxygen atoms in total. The summed E-state index contributed by atoms with van der Waals surface area (Å²) < 4.78 is 10.9. The number of carbonyl (C=O) groups excluding carboxylic acids is 1. The molecule has 0 radical (unpaired) electrons. The topological polar surface area (TPSA) is 73.6 Å². The van der Waals surface area contributed by atoms with Gasteiger partial charge in [-0.05, 0) is 24.1 Å². The first-order valence-corrected chi connectivity index (χ1v) is 5.56. The van der Waals surface area contributed by atoms with Gasteiger partial charge < -0.3 is 20.5 Å². The maximum Gasteiger partial charge on any atom is 0.237 e. The zero-order valence-electron chi connectivity index (χ0n) is 9.73. The van der Waals surface area contributed by atoms with E-state index in [2.05, 4.69) is 5.32 Å². The summed E-state index contributed by atoms with van der Waals surface area (Å²) in [5.74, 6) is 1.30. The van der Waals surface area contributed by atoms with Crippen molar-refractivity contribution in [3.8, 4) is 11.5 Å². The molecule has 1 aromatic rings. The van der Waals surface area contributed by atoms with Crippen LogP contribution in [0.4, 0.5) is 0 Å². The standard InChI is InChI=1S/C12H16N2O3/c1-14-12(15)9(13)6-8-2-3-10-11(7-8)17-5-4-16-10/h2-3,7,9H,4-6,13H2,1H3,(H,14,15). The first kappa shape index (κ1) is 11.7.